The summed E-state index contributed by atoms with van der Waals surface area (Å²) in [7, 11) is 0. The molecular formula is C23H21N3O5. The molecule has 0 bridgehead atoms. The smallest absolute Gasteiger partial charge is 0.331 e. The van der Waals surface area contributed by atoms with Crippen LogP contribution in [0.3, 0.4) is 0 Å². The minimum absolute atomic E-state index is 0.197. The van der Waals surface area contributed by atoms with Gasteiger partial charge in [-0.1, -0.05) is 36.4 Å². The van der Waals surface area contributed by atoms with Crippen molar-refractivity contribution in [3.8, 4) is 11.5 Å². The molecule has 0 saturated heterocycles. The van der Waals surface area contributed by atoms with Crippen LogP contribution in [0.15, 0.2) is 67.0 Å². The van der Waals surface area contributed by atoms with Gasteiger partial charge in [0.05, 0.1) is 12.7 Å². The molecule has 8 nitrogen and oxygen atoms in total. The first kappa shape index (κ1) is 20.2. The fourth-order valence-corrected chi connectivity index (χ4v) is 2.97. The molecule has 8 heteroatoms. The van der Waals surface area contributed by atoms with Crippen molar-refractivity contribution in [2.45, 2.75) is 13.1 Å². The average molecular weight is 419 g/mol. The summed E-state index contributed by atoms with van der Waals surface area (Å²) >= 11 is 0. The minimum Gasteiger partial charge on any atom is -0.454 e. The Balaban J connectivity index is 1.19. The highest BCUT2D eigenvalue weighted by Gasteiger charge is 2.13. The number of hydrogen-bond acceptors (Lipinski definition) is 6. The molecule has 31 heavy (non-hydrogen) atoms. The van der Waals surface area contributed by atoms with Gasteiger partial charge in [0.2, 0.25) is 6.79 Å². The Morgan fingerprint density at radius 3 is 2.81 bits per heavy atom. The van der Waals surface area contributed by atoms with Crippen molar-refractivity contribution in [3.63, 3.8) is 0 Å². The van der Waals surface area contributed by atoms with Gasteiger partial charge < -0.3 is 19.5 Å². The molecule has 0 radical (unpaired) electrons. The molecule has 3 aromatic rings. The van der Waals surface area contributed by atoms with Crippen LogP contribution in [-0.2, 0) is 27.4 Å². The number of nitrogens with one attached hydrogen (secondary N) is 1. The fraction of sp³-hybridized carbons (Fsp3) is 0.174. The fourth-order valence-electron chi connectivity index (χ4n) is 2.97. The van der Waals surface area contributed by atoms with E-state index in [0.717, 1.165) is 16.7 Å². The summed E-state index contributed by atoms with van der Waals surface area (Å²) in [5, 5.41) is 6.97. The molecule has 4 rings (SSSR count). The van der Waals surface area contributed by atoms with Crippen LogP contribution < -0.4 is 14.8 Å². The van der Waals surface area contributed by atoms with Gasteiger partial charge in [0, 0.05) is 24.4 Å². The number of carbonyl (C=O) groups excluding carboxylic acids is 2. The van der Waals surface area contributed by atoms with Crippen LogP contribution in [0.5, 0.6) is 11.5 Å². The Morgan fingerprint density at radius 2 is 1.94 bits per heavy atom. The van der Waals surface area contributed by atoms with E-state index in [-0.39, 0.29) is 13.4 Å². The van der Waals surface area contributed by atoms with Crippen LogP contribution in [0.2, 0.25) is 0 Å². The highest BCUT2D eigenvalue weighted by molar-refractivity contribution is 5.89. The standard InChI is InChI=1S/C23H21N3O5/c27-22(24-11-18-6-8-20-21(10-18)31-16-30-20)15-29-23(28)9-7-19-12-25-26(14-19)13-17-4-2-1-3-5-17/h1-10,12,14H,11,13,15-16H2,(H,24,27)/b9-7+. The van der Waals surface area contributed by atoms with Gasteiger partial charge in [0.15, 0.2) is 18.1 Å². The van der Waals surface area contributed by atoms with Gasteiger partial charge >= 0.3 is 5.97 Å². The number of benzene rings is 2. The maximum absolute atomic E-state index is 11.9. The number of esters is 1. The van der Waals surface area contributed by atoms with E-state index in [1.165, 1.54) is 6.08 Å². The van der Waals surface area contributed by atoms with Gasteiger partial charge in [-0.25, -0.2) is 4.79 Å². The number of aromatic nitrogens is 2. The van der Waals surface area contributed by atoms with Gasteiger partial charge in [0.25, 0.3) is 5.91 Å². The second kappa shape index (κ2) is 9.62. The maximum Gasteiger partial charge on any atom is 0.331 e. The van der Waals surface area contributed by atoms with E-state index in [0.29, 0.717) is 24.6 Å². The Bertz CT molecular complexity index is 1090. The largest absolute Gasteiger partial charge is 0.454 e. The maximum atomic E-state index is 11.9. The lowest BCUT2D eigenvalue weighted by Gasteiger charge is -2.06. The molecule has 0 fully saturated rings. The topological polar surface area (TPSA) is 91.7 Å². The summed E-state index contributed by atoms with van der Waals surface area (Å²) in [6, 6.07) is 15.4. The van der Waals surface area contributed by atoms with Crippen molar-refractivity contribution >= 4 is 18.0 Å². The van der Waals surface area contributed by atoms with Crippen LogP contribution >= 0.6 is 0 Å². The average Bonchev–Trinajstić information content (AvgIpc) is 3.44. The summed E-state index contributed by atoms with van der Waals surface area (Å²) in [6.45, 7) is 0.773. The summed E-state index contributed by atoms with van der Waals surface area (Å²) in [5.74, 6) is 0.334. The molecule has 0 unspecified atom stereocenters. The summed E-state index contributed by atoms with van der Waals surface area (Å²) in [4.78, 5) is 23.8. The zero-order valence-electron chi connectivity index (χ0n) is 16.7. The van der Waals surface area contributed by atoms with E-state index in [1.807, 2.05) is 42.6 Å². The van der Waals surface area contributed by atoms with Crippen molar-refractivity contribution in [2.24, 2.45) is 0 Å². The van der Waals surface area contributed by atoms with Crippen LogP contribution in [0.1, 0.15) is 16.7 Å². The Hall–Kier alpha value is -4.07. The van der Waals surface area contributed by atoms with Crippen molar-refractivity contribution in [1.82, 2.24) is 15.1 Å². The zero-order valence-corrected chi connectivity index (χ0v) is 16.7. The molecule has 2 heterocycles. The van der Waals surface area contributed by atoms with Gasteiger partial charge in [-0.05, 0) is 29.3 Å². The van der Waals surface area contributed by atoms with E-state index < -0.39 is 11.9 Å². The Labute approximate surface area is 179 Å². The summed E-state index contributed by atoms with van der Waals surface area (Å²) in [5.41, 5.74) is 2.75. The molecule has 0 aliphatic carbocycles. The molecule has 1 amide bonds. The van der Waals surface area contributed by atoms with Gasteiger partial charge in [0.1, 0.15) is 0 Å². The third-order valence-electron chi connectivity index (χ3n) is 4.52. The number of ether oxygens (including phenoxy) is 3. The van der Waals surface area contributed by atoms with Crippen molar-refractivity contribution in [2.75, 3.05) is 13.4 Å². The molecule has 1 aromatic heterocycles. The molecular weight excluding hydrogens is 398 g/mol. The molecule has 158 valence electrons. The first-order valence-electron chi connectivity index (χ1n) is 9.72. The number of amides is 1. The molecule has 2 aromatic carbocycles. The lowest BCUT2D eigenvalue weighted by molar-refractivity contribution is -0.143. The van der Waals surface area contributed by atoms with E-state index in [9.17, 15) is 9.59 Å². The minimum atomic E-state index is -0.603. The first-order valence-corrected chi connectivity index (χ1v) is 9.72. The second-order valence-electron chi connectivity index (χ2n) is 6.86. The number of rotatable bonds is 8. The Kier molecular flexibility index (Phi) is 6.27. The molecule has 1 aliphatic heterocycles. The van der Waals surface area contributed by atoms with Crippen LogP contribution in [0, 0.1) is 0 Å². The van der Waals surface area contributed by atoms with Crippen molar-refractivity contribution < 1.29 is 23.8 Å². The third-order valence-corrected chi connectivity index (χ3v) is 4.52. The SMILES string of the molecule is O=C(COC(=O)/C=C/c1cnn(Cc2ccccc2)c1)NCc1ccc2c(c1)OCO2. The molecule has 0 saturated carbocycles. The predicted octanol–water partition coefficient (Wildman–Crippen LogP) is 2.53. The first-order chi connectivity index (χ1) is 15.2. The molecule has 0 atom stereocenters. The quantitative estimate of drug-likeness (QED) is 0.446. The van der Waals surface area contributed by atoms with Gasteiger partial charge in [-0.15, -0.1) is 0 Å². The monoisotopic (exact) mass is 419 g/mol. The van der Waals surface area contributed by atoms with E-state index in [2.05, 4.69) is 10.4 Å². The van der Waals surface area contributed by atoms with Crippen LogP contribution in [-0.4, -0.2) is 35.1 Å². The highest BCUT2D eigenvalue weighted by Crippen LogP contribution is 2.32. The number of fused-ring (bicyclic) bond motifs is 1. The van der Waals surface area contributed by atoms with Crippen molar-refractivity contribution in [1.29, 1.82) is 0 Å². The Morgan fingerprint density at radius 1 is 1.10 bits per heavy atom. The molecule has 1 aliphatic rings. The summed E-state index contributed by atoms with van der Waals surface area (Å²) in [6.07, 6.45) is 6.36. The van der Waals surface area contributed by atoms with Gasteiger partial charge in [-0.2, -0.15) is 5.10 Å². The number of hydrogen-bond donors (Lipinski definition) is 1. The number of carbonyl (C=O) groups is 2. The normalized spacial score (nSPS) is 12.1. The molecule has 0 spiro atoms. The van der Waals surface area contributed by atoms with E-state index in [1.54, 1.807) is 29.1 Å². The summed E-state index contributed by atoms with van der Waals surface area (Å²) < 4.78 is 17.3. The van der Waals surface area contributed by atoms with E-state index >= 15 is 0 Å². The number of nitrogens with zero attached hydrogens (tertiary/aromatic N) is 2. The lowest BCUT2D eigenvalue weighted by Crippen LogP contribution is -2.28. The van der Waals surface area contributed by atoms with Crippen LogP contribution in [0.4, 0.5) is 0 Å². The van der Waals surface area contributed by atoms with Crippen molar-refractivity contribution in [3.05, 3.63) is 83.7 Å². The van der Waals surface area contributed by atoms with E-state index in [4.69, 9.17) is 14.2 Å². The third kappa shape index (κ3) is 5.72. The second-order valence-corrected chi connectivity index (χ2v) is 6.86. The zero-order chi connectivity index (χ0) is 21.5. The van der Waals surface area contributed by atoms with Crippen LogP contribution in [0.25, 0.3) is 6.08 Å². The lowest BCUT2D eigenvalue weighted by atomic mass is 10.2. The highest BCUT2D eigenvalue weighted by atomic mass is 16.7. The molecule has 1 N–H and O–H groups in total. The predicted molar refractivity (Wildman–Crippen MR) is 112 cm³/mol. The van der Waals surface area contributed by atoms with Gasteiger partial charge in [-0.3, -0.25) is 9.48 Å².